The zero-order valence-electron chi connectivity index (χ0n) is 14.6. The number of rotatable bonds is 4. The Hall–Kier alpha value is -2.79. The van der Waals surface area contributed by atoms with Gasteiger partial charge < -0.3 is 5.32 Å². The molecule has 2 aromatic heterocycles. The molecule has 0 aliphatic rings. The van der Waals surface area contributed by atoms with Crippen LogP contribution in [0, 0.1) is 12.7 Å². The predicted molar refractivity (Wildman–Crippen MR) is 107 cm³/mol. The number of benzene rings is 2. The molecule has 130 valence electrons. The van der Waals surface area contributed by atoms with Gasteiger partial charge in [0.2, 0.25) is 0 Å². The Labute approximate surface area is 155 Å². The summed E-state index contributed by atoms with van der Waals surface area (Å²) in [7, 11) is 0. The van der Waals surface area contributed by atoms with Crippen LogP contribution in [0.2, 0.25) is 0 Å². The van der Waals surface area contributed by atoms with Gasteiger partial charge in [-0.1, -0.05) is 37.3 Å². The Morgan fingerprint density at radius 3 is 2.65 bits per heavy atom. The summed E-state index contributed by atoms with van der Waals surface area (Å²) in [6, 6.07) is 12.8. The first-order chi connectivity index (χ1) is 12.7. The van der Waals surface area contributed by atoms with E-state index in [4.69, 9.17) is 0 Å². The van der Waals surface area contributed by atoms with Crippen LogP contribution in [0.4, 0.5) is 15.9 Å². The minimum absolute atomic E-state index is 0.240. The maximum Gasteiger partial charge on any atom is 0.143 e. The summed E-state index contributed by atoms with van der Waals surface area (Å²) in [6.07, 6.45) is 2.52. The summed E-state index contributed by atoms with van der Waals surface area (Å²) in [4.78, 5) is 9.82. The SMILES string of the molecule is CCc1cccc(C)c1Nc1ncnc2scc(-c3ccc(F)cc3)c12. The van der Waals surface area contributed by atoms with Crippen LogP contribution in [0.25, 0.3) is 21.3 Å². The molecule has 4 aromatic rings. The number of hydrogen-bond donors (Lipinski definition) is 1. The summed E-state index contributed by atoms with van der Waals surface area (Å²) in [5.74, 6) is 0.537. The first-order valence-corrected chi connectivity index (χ1v) is 9.39. The lowest BCUT2D eigenvalue weighted by Gasteiger charge is -2.14. The van der Waals surface area contributed by atoms with Crippen LogP contribution in [0.5, 0.6) is 0 Å². The Balaban J connectivity index is 1.86. The minimum atomic E-state index is -0.240. The predicted octanol–water partition coefficient (Wildman–Crippen LogP) is 6.11. The highest BCUT2D eigenvalue weighted by molar-refractivity contribution is 7.17. The number of anilines is 2. The monoisotopic (exact) mass is 363 g/mol. The lowest BCUT2D eigenvalue weighted by atomic mass is 10.0. The second-order valence-electron chi connectivity index (χ2n) is 6.15. The van der Waals surface area contributed by atoms with E-state index in [1.165, 1.54) is 23.3 Å². The van der Waals surface area contributed by atoms with Crippen LogP contribution >= 0.6 is 11.3 Å². The van der Waals surface area contributed by atoms with E-state index < -0.39 is 0 Å². The normalized spacial score (nSPS) is 11.0. The van der Waals surface area contributed by atoms with Crippen LogP contribution in [-0.4, -0.2) is 9.97 Å². The topological polar surface area (TPSA) is 37.8 Å². The van der Waals surface area contributed by atoms with E-state index in [-0.39, 0.29) is 5.82 Å². The summed E-state index contributed by atoms with van der Waals surface area (Å²) in [6.45, 7) is 4.23. The number of para-hydroxylation sites is 1. The van der Waals surface area contributed by atoms with E-state index in [0.717, 1.165) is 39.3 Å². The van der Waals surface area contributed by atoms with Crippen molar-refractivity contribution in [2.45, 2.75) is 20.3 Å². The molecule has 0 spiro atoms. The van der Waals surface area contributed by atoms with Crippen molar-refractivity contribution in [2.75, 3.05) is 5.32 Å². The number of nitrogens with one attached hydrogen (secondary N) is 1. The van der Waals surface area contributed by atoms with Gasteiger partial charge in [0.25, 0.3) is 0 Å². The average Bonchev–Trinajstić information content (AvgIpc) is 3.09. The first kappa shape index (κ1) is 16.7. The maximum atomic E-state index is 13.3. The third kappa shape index (κ3) is 2.95. The van der Waals surface area contributed by atoms with Crippen molar-refractivity contribution < 1.29 is 4.39 Å². The van der Waals surface area contributed by atoms with E-state index in [0.29, 0.717) is 0 Å². The van der Waals surface area contributed by atoms with Gasteiger partial charge >= 0.3 is 0 Å². The Kier molecular flexibility index (Phi) is 4.39. The fourth-order valence-corrected chi connectivity index (χ4v) is 4.05. The van der Waals surface area contributed by atoms with E-state index >= 15 is 0 Å². The first-order valence-electron chi connectivity index (χ1n) is 8.51. The van der Waals surface area contributed by atoms with E-state index in [1.807, 2.05) is 0 Å². The van der Waals surface area contributed by atoms with Gasteiger partial charge in [-0.3, -0.25) is 0 Å². The second kappa shape index (κ2) is 6.84. The Morgan fingerprint density at radius 1 is 1.08 bits per heavy atom. The van der Waals surface area contributed by atoms with Gasteiger partial charge in [0, 0.05) is 16.6 Å². The molecule has 0 fully saturated rings. The number of aryl methyl sites for hydroxylation is 2. The van der Waals surface area contributed by atoms with Gasteiger partial charge in [0.1, 0.15) is 22.8 Å². The lowest BCUT2D eigenvalue weighted by molar-refractivity contribution is 0.628. The highest BCUT2D eigenvalue weighted by Gasteiger charge is 2.15. The fourth-order valence-electron chi connectivity index (χ4n) is 3.13. The van der Waals surface area contributed by atoms with Crippen LogP contribution in [0.15, 0.2) is 54.2 Å². The van der Waals surface area contributed by atoms with Gasteiger partial charge in [0.05, 0.1) is 5.39 Å². The zero-order valence-corrected chi connectivity index (χ0v) is 15.4. The van der Waals surface area contributed by atoms with Crippen LogP contribution in [0.3, 0.4) is 0 Å². The van der Waals surface area contributed by atoms with Crippen molar-refractivity contribution in [3.63, 3.8) is 0 Å². The fraction of sp³-hybridized carbons (Fsp3) is 0.143. The summed E-state index contributed by atoms with van der Waals surface area (Å²) >= 11 is 1.57. The van der Waals surface area contributed by atoms with Gasteiger partial charge in [-0.05, 0) is 42.2 Å². The number of thiophene rings is 1. The van der Waals surface area contributed by atoms with Gasteiger partial charge in [0.15, 0.2) is 0 Å². The van der Waals surface area contributed by atoms with Crippen LogP contribution < -0.4 is 5.32 Å². The molecule has 0 aliphatic carbocycles. The van der Waals surface area contributed by atoms with E-state index in [2.05, 4.69) is 52.7 Å². The van der Waals surface area contributed by atoms with E-state index in [1.54, 1.807) is 29.8 Å². The van der Waals surface area contributed by atoms with Crippen molar-refractivity contribution in [3.05, 3.63) is 71.1 Å². The molecule has 5 heteroatoms. The largest absolute Gasteiger partial charge is 0.339 e. The quantitative estimate of drug-likeness (QED) is 0.475. The van der Waals surface area contributed by atoms with Crippen molar-refractivity contribution in [1.29, 1.82) is 0 Å². The van der Waals surface area contributed by atoms with Crippen molar-refractivity contribution >= 4 is 33.1 Å². The molecule has 2 heterocycles. The van der Waals surface area contributed by atoms with Crippen LogP contribution in [0.1, 0.15) is 18.1 Å². The molecule has 1 N–H and O–H groups in total. The molecule has 4 rings (SSSR count). The molecule has 2 aromatic carbocycles. The van der Waals surface area contributed by atoms with Crippen molar-refractivity contribution in [1.82, 2.24) is 9.97 Å². The smallest absolute Gasteiger partial charge is 0.143 e. The molecular weight excluding hydrogens is 345 g/mol. The Bertz CT molecular complexity index is 1070. The van der Waals surface area contributed by atoms with Gasteiger partial charge in [-0.2, -0.15) is 0 Å². The van der Waals surface area contributed by atoms with Gasteiger partial charge in [-0.25, -0.2) is 14.4 Å². The number of hydrogen-bond acceptors (Lipinski definition) is 4. The lowest BCUT2D eigenvalue weighted by Crippen LogP contribution is -2.01. The Morgan fingerprint density at radius 2 is 1.88 bits per heavy atom. The highest BCUT2D eigenvalue weighted by Crippen LogP contribution is 2.38. The third-order valence-corrected chi connectivity index (χ3v) is 5.40. The molecule has 3 nitrogen and oxygen atoms in total. The molecule has 0 aliphatic heterocycles. The molecule has 0 saturated carbocycles. The molecule has 0 unspecified atom stereocenters. The average molecular weight is 363 g/mol. The molecule has 0 atom stereocenters. The second-order valence-corrected chi connectivity index (χ2v) is 7.00. The molecule has 0 saturated heterocycles. The molecule has 0 radical (unpaired) electrons. The van der Waals surface area contributed by atoms with Crippen molar-refractivity contribution in [2.24, 2.45) is 0 Å². The minimum Gasteiger partial charge on any atom is -0.339 e. The molecular formula is C21H18FN3S. The zero-order chi connectivity index (χ0) is 18.1. The summed E-state index contributed by atoms with van der Waals surface area (Å²) in [5.41, 5.74) is 5.48. The third-order valence-electron chi connectivity index (χ3n) is 4.51. The number of nitrogens with zero attached hydrogens (tertiary/aromatic N) is 2. The van der Waals surface area contributed by atoms with E-state index in [9.17, 15) is 4.39 Å². The van der Waals surface area contributed by atoms with Crippen molar-refractivity contribution in [3.8, 4) is 11.1 Å². The number of fused-ring (bicyclic) bond motifs is 1. The highest BCUT2D eigenvalue weighted by atomic mass is 32.1. The molecule has 0 bridgehead atoms. The summed E-state index contributed by atoms with van der Waals surface area (Å²) in [5, 5.41) is 6.54. The molecule has 26 heavy (non-hydrogen) atoms. The van der Waals surface area contributed by atoms with Crippen LogP contribution in [-0.2, 0) is 6.42 Å². The maximum absolute atomic E-state index is 13.3. The number of halogens is 1. The molecule has 0 amide bonds. The standard InChI is InChI=1S/C21H18FN3S/c1-3-14-6-4-5-13(2)19(14)25-20-18-17(11-26-21(18)24-12-23-20)15-7-9-16(22)10-8-15/h4-12H,3H2,1-2H3,(H,23,24,25). The summed E-state index contributed by atoms with van der Waals surface area (Å²) < 4.78 is 13.3. The van der Waals surface area contributed by atoms with Gasteiger partial charge in [-0.15, -0.1) is 11.3 Å². The number of aromatic nitrogens is 2.